The molecule has 0 saturated heterocycles. The molecule has 0 aliphatic heterocycles. The predicted molar refractivity (Wildman–Crippen MR) is 96.1 cm³/mol. The second-order valence-corrected chi connectivity index (χ2v) is 6.05. The maximum atomic E-state index is 10.5. The van der Waals surface area contributed by atoms with Crippen molar-refractivity contribution in [3.05, 3.63) is 48.5 Å². The third kappa shape index (κ3) is 3.44. The van der Waals surface area contributed by atoms with Gasteiger partial charge in [0.25, 0.3) is 0 Å². The fourth-order valence-electron chi connectivity index (χ4n) is 3.34. The molecule has 0 spiro atoms. The minimum absolute atomic E-state index is 0.0160. The van der Waals surface area contributed by atoms with Gasteiger partial charge >= 0.3 is 0 Å². The van der Waals surface area contributed by atoms with Crippen molar-refractivity contribution in [2.75, 3.05) is 32.8 Å². The number of fused-ring (bicyclic) bond motifs is 3. The van der Waals surface area contributed by atoms with Crippen molar-refractivity contribution in [3.8, 4) is 0 Å². The van der Waals surface area contributed by atoms with Crippen LogP contribution in [0.3, 0.4) is 0 Å². The average molecular weight is 328 g/mol. The van der Waals surface area contributed by atoms with Gasteiger partial charge in [0.1, 0.15) is 0 Å². The second-order valence-electron chi connectivity index (χ2n) is 6.05. The molecule has 0 aliphatic carbocycles. The molecule has 2 aromatic carbocycles. The van der Waals surface area contributed by atoms with Crippen LogP contribution in [0.2, 0.25) is 0 Å². The van der Waals surface area contributed by atoms with Crippen LogP contribution in [0.4, 0.5) is 0 Å². The molecule has 5 nitrogen and oxygen atoms in total. The van der Waals surface area contributed by atoms with Gasteiger partial charge in [-0.05, 0) is 12.1 Å². The lowest BCUT2D eigenvalue weighted by atomic mass is 10.2. The normalized spacial score (nSPS) is 13.2. The third-order valence-electron chi connectivity index (χ3n) is 4.37. The Morgan fingerprint density at radius 1 is 0.833 bits per heavy atom. The highest BCUT2D eigenvalue weighted by molar-refractivity contribution is 6.07. The van der Waals surface area contributed by atoms with Crippen LogP contribution in [0.5, 0.6) is 0 Å². The first-order chi connectivity index (χ1) is 11.7. The van der Waals surface area contributed by atoms with E-state index in [4.69, 9.17) is 10.2 Å². The first-order valence-electron chi connectivity index (χ1n) is 8.32. The summed E-state index contributed by atoms with van der Waals surface area (Å²) in [4.78, 5) is 1.87. The molecule has 24 heavy (non-hydrogen) atoms. The van der Waals surface area contributed by atoms with Gasteiger partial charge in [-0.1, -0.05) is 36.4 Å². The van der Waals surface area contributed by atoms with Gasteiger partial charge < -0.3 is 19.9 Å². The summed E-state index contributed by atoms with van der Waals surface area (Å²) >= 11 is 0. The van der Waals surface area contributed by atoms with E-state index < -0.39 is 6.10 Å². The molecular formula is C19H24N2O3. The number of aliphatic hydroxyl groups is 3. The largest absolute Gasteiger partial charge is 0.395 e. The number of aromatic nitrogens is 1. The zero-order valence-corrected chi connectivity index (χ0v) is 13.7. The van der Waals surface area contributed by atoms with Crippen molar-refractivity contribution in [1.82, 2.24) is 9.47 Å². The summed E-state index contributed by atoms with van der Waals surface area (Å²) in [5.74, 6) is 0. The zero-order valence-electron chi connectivity index (χ0n) is 13.7. The van der Waals surface area contributed by atoms with Gasteiger partial charge in [0, 0.05) is 41.4 Å². The number of nitrogens with zero attached hydrogens (tertiary/aromatic N) is 2. The van der Waals surface area contributed by atoms with Crippen molar-refractivity contribution in [2.45, 2.75) is 12.6 Å². The van der Waals surface area contributed by atoms with Crippen molar-refractivity contribution in [3.63, 3.8) is 0 Å². The monoisotopic (exact) mass is 328 g/mol. The van der Waals surface area contributed by atoms with Gasteiger partial charge in [-0.25, -0.2) is 0 Å². The quantitative estimate of drug-likeness (QED) is 0.585. The van der Waals surface area contributed by atoms with Gasteiger partial charge in [0.05, 0.1) is 25.9 Å². The van der Waals surface area contributed by atoms with E-state index >= 15 is 0 Å². The van der Waals surface area contributed by atoms with Crippen LogP contribution in [0.15, 0.2) is 48.5 Å². The molecule has 0 unspecified atom stereocenters. The van der Waals surface area contributed by atoms with Gasteiger partial charge in [0.15, 0.2) is 0 Å². The Labute approximate surface area is 141 Å². The van der Waals surface area contributed by atoms with E-state index in [1.165, 1.54) is 10.8 Å². The van der Waals surface area contributed by atoms with E-state index in [0.717, 1.165) is 11.0 Å². The lowest BCUT2D eigenvalue weighted by Crippen LogP contribution is -2.38. The Morgan fingerprint density at radius 3 is 1.83 bits per heavy atom. The smallest absolute Gasteiger partial charge is 0.0846 e. The molecule has 0 radical (unpaired) electrons. The summed E-state index contributed by atoms with van der Waals surface area (Å²) in [6.45, 7) is 1.82. The van der Waals surface area contributed by atoms with Crippen molar-refractivity contribution in [2.24, 2.45) is 0 Å². The number of para-hydroxylation sites is 2. The minimum Gasteiger partial charge on any atom is -0.395 e. The molecule has 3 aromatic rings. The molecule has 0 bridgehead atoms. The Balaban J connectivity index is 1.88. The first-order valence-corrected chi connectivity index (χ1v) is 8.32. The van der Waals surface area contributed by atoms with Gasteiger partial charge in [-0.3, -0.25) is 4.90 Å². The van der Waals surface area contributed by atoms with Crippen LogP contribution >= 0.6 is 0 Å². The van der Waals surface area contributed by atoms with E-state index in [0.29, 0.717) is 26.2 Å². The summed E-state index contributed by atoms with van der Waals surface area (Å²) in [5.41, 5.74) is 2.21. The second kappa shape index (κ2) is 7.77. The van der Waals surface area contributed by atoms with Crippen LogP contribution in [0.25, 0.3) is 21.8 Å². The summed E-state index contributed by atoms with van der Waals surface area (Å²) in [5, 5.41) is 31.1. The van der Waals surface area contributed by atoms with Crippen molar-refractivity contribution >= 4 is 21.8 Å². The number of hydrogen-bond acceptors (Lipinski definition) is 4. The lowest BCUT2D eigenvalue weighted by molar-refractivity contribution is 0.0787. The molecule has 3 rings (SSSR count). The summed E-state index contributed by atoms with van der Waals surface area (Å²) in [7, 11) is 0. The van der Waals surface area contributed by atoms with E-state index in [-0.39, 0.29) is 13.2 Å². The highest BCUT2D eigenvalue weighted by Gasteiger charge is 2.15. The Kier molecular flexibility index (Phi) is 5.48. The van der Waals surface area contributed by atoms with E-state index in [1.54, 1.807) is 0 Å². The highest BCUT2D eigenvalue weighted by Crippen LogP contribution is 2.28. The molecule has 3 N–H and O–H groups in total. The van der Waals surface area contributed by atoms with E-state index in [9.17, 15) is 5.11 Å². The lowest BCUT2D eigenvalue weighted by Gasteiger charge is -2.24. The Morgan fingerprint density at radius 2 is 1.33 bits per heavy atom. The minimum atomic E-state index is -0.581. The maximum absolute atomic E-state index is 10.5. The SMILES string of the molecule is OCCN(CCO)C[C@@H](O)Cn1c2ccccc2c2ccccc21. The van der Waals surface area contributed by atoms with Crippen LogP contribution < -0.4 is 0 Å². The van der Waals surface area contributed by atoms with E-state index in [1.807, 2.05) is 29.2 Å². The number of hydrogen-bond donors (Lipinski definition) is 3. The zero-order chi connectivity index (χ0) is 16.9. The fraction of sp³-hybridized carbons (Fsp3) is 0.368. The van der Waals surface area contributed by atoms with Crippen LogP contribution in [0.1, 0.15) is 0 Å². The third-order valence-corrected chi connectivity index (χ3v) is 4.37. The van der Waals surface area contributed by atoms with Crippen molar-refractivity contribution < 1.29 is 15.3 Å². The average Bonchev–Trinajstić information content (AvgIpc) is 2.90. The van der Waals surface area contributed by atoms with Crippen molar-refractivity contribution in [1.29, 1.82) is 0 Å². The fourth-order valence-corrected chi connectivity index (χ4v) is 3.34. The molecule has 1 heterocycles. The maximum Gasteiger partial charge on any atom is 0.0846 e. The van der Waals surface area contributed by atoms with Crippen LogP contribution in [-0.2, 0) is 6.54 Å². The van der Waals surface area contributed by atoms with Gasteiger partial charge in [0.2, 0.25) is 0 Å². The molecule has 0 fully saturated rings. The molecule has 0 amide bonds. The molecule has 128 valence electrons. The van der Waals surface area contributed by atoms with Gasteiger partial charge in [-0.15, -0.1) is 0 Å². The summed E-state index contributed by atoms with van der Waals surface area (Å²) < 4.78 is 2.14. The number of aliphatic hydroxyl groups excluding tert-OH is 3. The highest BCUT2D eigenvalue weighted by atomic mass is 16.3. The number of benzene rings is 2. The van der Waals surface area contributed by atoms with Gasteiger partial charge in [-0.2, -0.15) is 0 Å². The first kappa shape index (κ1) is 16.9. The predicted octanol–water partition coefficient (Wildman–Crippen LogP) is 1.44. The Hall–Kier alpha value is -1.92. The van der Waals surface area contributed by atoms with E-state index in [2.05, 4.69) is 28.8 Å². The topological polar surface area (TPSA) is 68.9 Å². The standard InChI is InChI=1S/C19H24N2O3/c22-11-9-20(10-12-23)13-15(24)14-21-18-7-3-1-5-16(18)17-6-2-4-8-19(17)21/h1-8,15,22-24H,9-14H2/t15-/m1/s1. The van der Waals surface area contributed by atoms with Crippen LogP contribution in [0, 0.1) is 0 Å². The molecular weight excluding hydrogens is 304 g/mol. The molecule has 1 aromatic heterocycles. The summed E-state index contributed by atoms with van der Waals surface area (Å²) in [6, 6.07) is 16.4. The molecule has 0 saturated carbocycles. The summed E-state index contributed by atoms with van der Waals surface area (Å²) in [6.07, 6.45) is -0.581. The van der Waals surface area contributed by atoms with Crippen LogP contribution in [-0.4, -0.2) is 63.7 Å². The molecule has 5 heteroatoms. The molecule has 1 atom stereocenters. The number of rotatable bonds is 8. The Bertz CT molecular complexity index is 740. The molecule has 0 aliphatic rings.